The molecule has 31 heavy (non-hydrogen) atoms. The molecule has 0 aromatic rings. The summed E-state index contributed by atoms with van der Waals surface area (Å²) in [5, 5.41) is 0. The lowest BCUT2D eigenvalue weighted by atomic mass is 10.1. The number of hydrogen-bond donors (Lipinski definition) is 0. The van der Waals surface area contributed by atoms with E-state index in [2.05, 4.69) is 34.6 Å². The van der Waals surface area contributed by atoms with Crippen molar-refractivity contribution in [3.8, 4) is 0 Å². The first kappa shape index (κ1) is 31.2. The molecule has 1 nitrogen and oxygen atoms in total. The van der Waals surface area contributed by atoms with Gasteiger partial charge in [-0.2, -0.15) is 0 Å². The lowest BCUT2D eigenvalue weighted by molar-refractivity contribution is 0.268. The maximum absolute atomic E-state index is 6.96. The van der Waals surface area contributed by atoms with Crippen LogP contribution < -0.4 is 0 Å². The summed E-state index contributed by atoms with van der Waals surface area (Å²) in [5.41, 5.74) is 0. The zero-order valence-corrected chi connectivity index (χ0v) is 23.7. The Morgan fingerprint density at radius 1 is 0.484 bits per heavy atom. The van der Waals surface area contributed by atoms with Gasteiger partial charge in [0.1, 0.15) is 0 Å². The normalized spacial score (nSPS) is 12.2. The zero-order chi connectivity index (χ0) is 23.0. The monoisotopic (exact) mass is 454 g/mol. The first-order chi connectivity index (χ1) is 15.1. The van der Waals surface area contributed by atoms with Crippen LogP contribution in [-0.2, 0) is 4.43 Å². The minimum atomic E-state index is -1.57. The molecule has 0 N–H and O–H groups in total. The van der Waals surface area contributed by atoms with Gasteiger partial charge in [-0.3, -0.25) is 0 Å². The molecule has 2 heteroatoms. The third kappa shape index (κ3) is 20.5. The standard InChI is InChI=1S/C29H62OSi/c1-6-9-12-15-18-21-26-31(30-25-24-29(4)5,27-22-19-16-13-10-7-2)28-23-20-17-14-11-8-3/h29H,6-28H2,1-5H3. The van der Waals surface area contributed by atoms with Crippen molar-refractivity contribution in [2.24, 2.45) is 5.92 Å². The van der Waals surface area contributed by atoms with Crippen LogP contribution in [0.5, 0.6) is 0 Å². The Bertz CT molecular complexity index is 301. The number of rotatable bonds is 25. The van der Waals surface area contributed by atoms with Crippen molar-refractivity contribution < 1.29 is 4.43 Å². The lowest BCUT2D eigenvalue weighted by Crippen LogP contribution is -2.38. The molecule has 0 aliphatic heterocycles. The quantitative estimate of drug-likeness (QED) is 0.0983. The molecule has 0 amide bonds. The highest BCUT2D eigenvalue weighted by Gasteiger charge is 2.33. The van der Waals surface area contributed by atoms with Gasteiger partial charge in [-0.25, -0.2) is 0 Å². The van der Waals surface area contributed by atoms with Crippen LogP contribution in [0.4, 0.5) is 0 Å². The first-order valence-corrected chi connectivity index (χ1v) is 17.3. The Kier molecular flexibility index (Phi) is 23.5. The van der Waals surface area contributed by atoms with E-state index in [0.29, 0.717) is 0 Å². The third-order valence-electron chi connectivity index (χ3n) is 7.06. The van der Waals surface area contributed by atoms with Gasteiger partial charge in [0.15, 0.2) is 8.32 Å². The smallest absolute Gasteiger partial charge is 0.192 e. The van der Waals surface area contributed by atoms with Crippen molar-refractivity contribution in [1.82, 2.24) is 0 Å². The van der Waals surface area contributed by atoms with E-state index in [1.165, 1.54) is 140 Å². The van der Waals surface area contributed by atoms with Crippen LogP contribution in [0.25, 0.3) is 0 Å². The molecule has 0 spiro atoms. The molecule has 188 valence electrons. The van der Waals surface area contributed by atoms with E-state index >= 15 is 0 Å². The molecule has 0 unspecified atom stereocenters. The van der Waals surface area contributed by atoms with E-state index < -0.39 is 8.32 Å². The molecule has 0 saturated carbocycles. The lowest BCUT2D eigenvalue weighted by Gasteiger charge is -2.33. The van der Waals surface area contributed by atoms with Gasteiger partial charge in [-0.05, 0) is 30.5 Å². The highest BCUT2D eigenvalue weighted by atomic mass is 28.4. The molecule has 0 aliphatic carbocycles. The summed E-state index contributed by atoms with van der Waals surface area (Å²) in [4.78, 5) is 0. The van der Waals surface area contributed by atoms with E-state index in [0.717, 1.165) is 12.5 Å². The second-order valence-electron chi connectivity index (χ2n) is 10.8. The highest BCUT2D eigenvalue weighted by Crippen LogP contribution is 2.31. The van der Waals surface area contributed by atoms with Gasteiger partial charge in [0.05, 0.1) is 0 Å². The Morgan fingerprint density at radius 3 is 1.13 bits per heavy atom. The van der Waals surface area contributed by atoms with Gasteiger partial charge in [0, 0.05) is 6.61 Å². The molecular formula is C29H62OSi. The Hall–Kier alpha value is 0.177. The Morgan fingerprint density at radius 2 is 0.806 bits per heavy atom. The van der Waals surface area contributed by atoms with Gasteiger partial charge >= 0.3 is 0 Å². The fraction of sp³-hybridized carbons (Fsp3) is 1.00. The third-order valence-corrected chi connectivity index (χ3v) is 11.7. The van der Waals surface area contributed by atoms with Crippen molar-refractivity contribution in [1.29, 1.82) is 0 Å². The SMILES string of the molecule is CCCCCCCC[Si](CCCCCCCC)(CCCCCCCC)OCCC(C)C. The van der Waals surface area contributed by atoms with E-state index in [1.807, 2.05) is 0 Å². The molecule has 0 heterocycles. The van der Waals surface area contributed by atoms with Crippen molar-refractivity contribution in [2.45, 2.75) is 175 Å². The predicted molar refractivity (Wildman–Crippen MR) is 146 cm³/mol. The molecule has 0 atom stereocenters. The fourth-order valence-corrected chi connectivity index (χ4v) is 9.20. The minimum absolute atomic E-state index is 0.767. The molecule has 0 radical (unpaired) electrons. The van der Waals surface area contributed by atoms with Crippen LogP contribution in [0, 0.1) is 5.92 Å². The minimum Gasteiger partial charge on any atom is -0.417 e. The van der Waals surface area contributed by atoms with Crippen molar-refractivity contribution >= 4 is 8.32 Å². The fourth-order valence-electron chi connectivity index (χ4n) is 4.79. The van der Waals surface area contributed by atoms with E-state index in [1.54, 1.807) is 0 Å². The molecule has 0 aliphatic rings. The van der Waals surface area contributed by atoms with E-state index in [9.17, 15) is 0 Å². The number of unbranched alkanes of at least 4 members (excludes halogenated alkanes) is 15. The largest absolute Gasteiger partial charge is 0.417 e. The summed E-state index contributed by atoms with van der Waals surface area (Å²) in [6, 6.07) is 4.34. The van der Waals surface area contributed by atoms with Gasteiger partial charge in [-0.1, -0.05) is 150 Å². The average molecular weight is 455 g/mol. The van der Waals surface area contributed by atoms with Crippen LogP contribution in [0.15, 0.2) is 0 Å². The van der Waals surface area contributed by atoms with Crippen LogP contribution >= 0.6 is 0 Å². The van der Waals surface area contributed by atoms with E-state index in [4.69, 9.17) is 4.43 Å². The Labute approximate surface area is 200 Å². The summed E-state index contributed by atoms with van der Waals surface area (Å²) in [6.07, 6.45) is 26.8. The summed E-state index contributed by atoms with van der Waals surface area (Å²) in [5.74, 6) is 0.767. The number of hydrogen-bond acceptors (Lipinski definition) is 1. The van der Waals surface area contributed by atoms with Gasteiger partial charge in [-0.15, -0.1) is 0 Å². The summed E-state index contributed by atoms with van der Waals surface area (Å²) in [7, 11) is -1.57. The molecule has 0 saturated heterocycles. The van der Waals surface area contributed by atoms with E-state index in [-0.39, 0.29) is 0 Å². The van der Waals surface area contributed by atoms with Crippen LogP contribution in [0.1, 0.15) is 157 Å². The van der Waals surface area contributed by atoms with Crippen molar-refractivity contribution in [3.05, 3.63) is 0 Å². The first-order valence-electron chi connectivity index (χ1n) is 14.7. The molecule has 0 rings (SSSR count). The average Bonchev–Trinajstić information content (AvgIpc) is 2.75. The second-order valence-corrected chi connectivity index (χ2v) is 14.9. The zero-order valence-electron chi connectivity index (χ0n) is 22.7. The highest BCUT2D eigenvalue weighted by molar-refractivity contribution is 6.73. The molecule has 0 aromatic heterocycles. The predicted octanol–water partition coefficient (Wildman–Crippen LogP) is 11.1. The topological polar surface area (TPSA) is 9.23 Å². The van der Waals surface area contributed by atoms with Gasteiger partial charge in [0.25, 0.3) is 0 Å². The molecule has 0 fully saturated rings. The summed E-state index contributed by atoms with van der Waals surface area (Å²) >= 11 is 0. The van der Waals surface area contributed by atoms with Crippen LogP contribution in [0.2, 0.25) is 18.1 Å². The van der Waals surface area contributed by atoms with Gasteiger partial charge < -0.3 is 4.43 Å². The summed E-state index contributed by atoms with van der Waals surface area (Å²) < 4.78 is 6.96. The van der Waals surface area contributed by atoms with Crippen molar-refractivity contribution in [3.63, 3.8) is 0 Å². The van der Waals surface area contributed by atoms with Crippen LogP contribution in [0.3, 0.4) is 0 Å². The second kappa shape index (κ2) is 23.3. The van der Waals surface area contributed by atoms with Crippen LogP contribution in [-0.4, -0.2) is 14.9 Å². The summed E-state index contributed by atoms with van der Waals surface area (Å²) in [6.45, 7) is 12.7. The molecule has 0 aromatic carbocycles. The maximum Gasteiger partial charge on any atom is 0.192 e. The molecular weight excluding hydrogens is 392 g/mol. The molecule has 0 bridgehead atoms. The van der Waals surface area contributed by atoms with Gasteiger partial charge in [0.2, 0.25) is 0 Å². The maximum atomic E-state index is 6.96. The van der Waals surface area contributed by atoms with Crippen molar-refractivity contribution in [2.75, 3.05) is 6.61 Å². The Balaban J connectivity index is 4.72.